The zero-order valence-electron chi connectivity index (χ0n) is 12.4. The van der Waals surface area contributed by atoms with Crippen LogP contribution in [0.3, 0.4) is 0 Å². The summed E-state index contributed by atoms with van der Waals surface area (Å²) in [5.41, 5.74) is 7.49. The molecule has 6 nitrogen and oxygen atoms in total. The van der Waals surface area contributed by atoms with E-state index in [-0.39, 0.29) is 5.54 Å². The molecule has 3 unspecified atom stereocenters. The standard InChI is InChI=1S/C15H22N6/c1-2-14-17-5-6-20(14)9-12-10-21(19-18-12)13-7-11-3-4-15(13,16)8-11/h5-6,10-11,13H,2-4,7-9,16H2,1H3. The summed E-state index contributed by atoms with van der Waals surface area (Å²) < 4.78 is 4.14. The van der Waals surface area contributed by atoms with Crippen LogP contribution in [-0.4, -0.2) is 30.1 Å². The molecule has 2 fully saturated rings. The minimum Gasteiger partial charge on any atom is -0.329 e. The van der Waals surface area contributed by atoms with E-state index in [4.69, 9.17) is 5.73 Å². The Hall–Kier alpha value is -1.69. The van der Waals surface area contributed by atoms with E-state index in [1.807, 2.05) is 17.1 Å². The van der Waals surface area contributed by atoms with Crippen LogP contribution in [0.25, 0.3) is 0 Å². The van der Waals surface area contributed by atoms with Crippen molar-refractivity contribution in [3.05, 3.63) is 30.1 Å². The Morgan fingerprint density at radius 3 is 3.10 bits per heavy atom. The lowest BCUT2D eigenvalue weighted by Gasteiger charge is -2.30. The number of aromatic nitrogens is 5. The molecule has 2 heterocycles. The van der Waals surface area contributed by atoms with Gasteiger partial charge in [0.1, 0.15) is 11.5 Å². The van der Waals surface area contributed by atoms with Crippen LogP contribution in [0.1, 0.15) is 50.2 Å². The molecular weight excluding hydrogens is 264 g/mol. The van der Waals surface area contributed by atoms with Crippen molar-refractivity contribution in [1.82, 2.24) is 24.5 Å². The van der Waals surface area contributed by atoms with Crippen molar-refractivity contribution in [2.45, 2.75) is 57.2 Å². The Morgan fingerprint density at radius 1 is 1.48 bits per heavy atom. The van der Waals surface area contributed by atoms with E-state index in [9.17, 15) is 0 Å². The summed E-state index contributed by atoms with van der Waals surface area (Å²) in [7, 11) is 0. The zero-order valence-corrected chi connectivity index (χ0v) is 12.4. The number of rotatable bonds is 4. The molecule has 3 atom stereocenters. The Morgan fingerprint density at radius 2 is 2.38 bits per heavy atom. The Kier molecular flexibility index (Phi) is 2.89. The maximum Gasteiger partial charge on any atom is 0.108 e. The van der Waals surface area contributed by atoms with Gasteiger partial charge in [0.25, 0.3) is 0 Å². The SMILES string of the molecule is CCc1nccn1Cc1cn(C2CC3CCC2(N)C3)nn1. The Balaban J connectivity index is 1.54. The third kappa shape index (κ3) is 2.09. The number of aryl methyl sites for hydroxylation is 1. The summed E-state index contributed by atoms with van der Waals surface area (Å²) in [6.07, 6.45) is 11.5. The minimum absolute atomic E-state index is 0.0563. The topological polar surface area (TPSA) is 74.5 Å². The van der Waals surface area contributed by atoms with Gasteiger partial charge in [0.05, 0.1) is 18.8 Å². The Bertz CT molecular complexity index is 644. The largest absolute Gasteiger partial charge is 0.329 e. The molecule has 2 aliphatic rings. The van der Waals surface area contributed by atoms with E-state index >= 15 is 0 Å². The smallest absolute Gasteiger partial charge is 0.108 e. The molecule has 0 amide bonds. The second kappa shape index (κ2) is 4.66. The van der Waals surface area contributed by atoms with Crippen LogP contribution in [-0.2, 0) is 13.0 Å². The first-order valence-electron chi connectivity index (χ1n) is 7.87. The second-order valence-electron chi connectivity index (χ2n) is 6.61. The lowest BCUT2D eigenvalue weighted by Crippen LogP contribution is -2.43. The number of hydrogen-bond acceptors (Lipinski definition) is 4. The molecule has 4 rings (SSSR count). The van der Waals surface area contributed by atoms with E-state index in [0.717, 1.165) is 49.7 Å². The molecule has 0 radical (unpaired) electrons. The van der Waals surface area contributed by atoms with Crippen molar-refractivity contribution in [3.63, 3.8) is 0 Å². The van der Waals surface area contributed by atoms with Crippen LogP contribution in [0.2, 0.25) is 0 Å². The lowest BCUT2D eigenvalue weighted by molar-refractivity contribution is 0.260. The molecule has 6 heteroatoms. The van der Waals surface area contributed by atoms with Gasteiger partial charge in [-0.05, 0) is 31.6 Å². The molecule has 2 saturated carbocycles. The van der Waals surface area contributed by atoms with Crippen molar-refractivity contribution >= 4 is 0 Å². The second-order valence-corrected chi connectivity index (χ2v) is 6.61. The number of hydrogen-bond donors (Lipinski definition) is 1. The number of fused-ring (bicyclic) bond motifs is 2. The summed E-state index contributed by atoms with van der Waals surface area (Å²) in [5.74, 6) is 1.87. The summed E-state index contributed by atoms with van der Waals surface area (Å²) >= 11 is 0. The zero-order chi connectivity index (χ0) is 14.4. The summed E-state index contributed by atoms with van der Waals surface area (Å²) in [6.45, 7) is 2.85. The van der Waals surface area contributed by atoms with Gasteiger partial charge in [-0.3, -0.25) is 0 Å². The highest BCUT2D eigenvalue weighted by molar-refractivity contribution is 5.09. The van der Waals surface area contributed by atoms with E-state index in [2.05, 4.69) is 33.0 Å². The number of nitrogens with two attached hydrogens (primary N) is 1. The molecule has 2 bridgehead atoms. The third-order valence-corrected chi connectivity index (χ3v) is 5.23. The highest BCUT2D eigenvalue weighted by Crippen LogP contribution is 2.51. The predicted octanol–water partition coefficient (Wildman–Crippen LogP) is 1.53. The molecular formula is C15H22N6. The van der Waals surface area contributed by atoms with Crippen molar-refractivity contribution in [3.8, 4) is 0 Å². The molecule has 2 aromatic heterocycles. The highest BCUT2D eigenvalue weighted by Gasteiger charge is 2.50. The average Bonchev–Trinajstić information content (AvgIpc) is 3.20. The first-order chi connectivity index (χ1) is 10.2. The molecule has 0 saturated heterocycles. The quantitative estimate of drug-likeness (QED) is 0.925. The van der Waals surface area contributed by atoms with Crippen LogP contribution >= 0.6 is 0 Å². The van der Waals surface area contributed by atoms with Crippen LogP contribution in [0.4, 0.5) is 0 Å². The van der Waals surface area contributed by atoms with Crippen molar-refractivity contribution in [2.24, 2.45) is 11.7 Å². The van der Waals surface area contributed by atoms with Crippen molar-refractivity contribution < 1.29 is 0 Å². The van der Waals surface area contributed by atoms with Crippen LogP contribution in [0.5, 0.6) is 0 Å². The van der Waals surface area contributed by atoms with Crippen LogP contribution in [0.15, 0.2) is 18.6 Å². The van der Waals surface area contributed by atoms with Gasteiger partial charge in [-0.25, -0.2) is 9.67 Å². The van der Waals surface area contributed by atoms with Crippen LogP contribution in [0, 0.1) is 5.92 Å². The molecule has 21 heavy (non-hydrogen) atoms. The molecule has 112 valence electrons. The first-order valence-corrected chi connectivity index (χ1v) is 7.87. The van der Waals surface area contributed by atoms with Crippen LogP contribution < -0.4 is 5.73 Å². The van der Waals surface area contributed by atoms with E-state index < -0.39 is 0 Å². The number of imidazole rings is 1. The third-order valence-electron chi connectivity index (χ3n) is 5.23. The van der Waals surface area contributed by atoms with Gasteiger partial charge in [-0.15, -0.1) is 5.10 Å². The molecule has 2 N–H and O–H groups in total. The van der Waals surface area contributed by atoms with Gasteiger partial charge >= 0.3 is 0 Å². The van der Waals surface area contributed by atoms with Gasteiger partial charge < -0.3 is 10.3 Å². The summed E-state index contributed by atoms with van der Waals surface area (Å²) in [4.78, 5) is 4.35. The van der Waals surface area contributed by atoms with E-state index in [1.165, 1.54) is 6.42 Å². The molecule has 2 aromatic rings. The fourth-order valence-corrected chi connectivity index (χ4v) is 4.15. The van der Waals surface area contributed by atoms with Crippen molar-refractivity contribution in [1.29, 1.82) is 0 Å². The molecule has 0 spiro atoms. The summed E-state index contributed by atoms with van der Waals surface area (Å²) in [6, 6.07) is 0.325. The normalized spacial score (nSPS) is 31.1. The van der Waals surface area contributed by atoms with E-state index in [0.29, 0.717) is 6.04 Å². The van der Waals surface area contributed by atoms with Gasteiger partial charge in [0, 0.05) is 24.4 Å². The van der Waals surface area contributed by atoms with Crippen molar-refractivity contribution in [2.75, 3.05) is 0 Å². The first kappa shape index (κ1) is 13.0. The van der Waals surface area contributed by atoms with E-state index in [1.54, 1.807) is 0 Å². The monoisotopic (exact) mass is 286 g/mol. The van der Waals surface area contributed by atoms with Gasteiger partial charge in [0.15, 0.2) is 0 Å². The lowest BCUT2D eigenvalue weighted by atomic mass is 9.89. The maximum atomic E-state index is 6.56. The summed E-state index contributed by atoms with van der Waals surface area (Å²) in [5, 5.41) is 8.69. The Labute approximate surface area is 124 Å². The molecule has 0 aromatic carbocycles. The van der Waals surface area contributed by atoms with Gasteiger partial charge in [-0.1, -0.05) is 12.1 Å². The van der Waals surface area contributed by atoms with Gasteiger partial charge in [0.2, 0.25) is 0 Å². The fraction of sp³-hybridized carbons (Fsp3) is 0.667. The number of nitrogens with zero attached hydrogens (tertiary/aromatic N) is 5. The average molecular weight is 286 g/mol. The van der Waals surface area contributed by atoms with Gasteiger partial charge in [-0.2, -0.15) is 0 Å². The highest BCUT2D eigenvalue weighted by atomic mass is 15.4. The maximum absolute atomic E-state index is 6.56. The molecule has 0 aliphatic heterocycles. The predicted molar refractivity (Wildman–Crippen MR) is 78.6 cm³/mol. The minimum atomic E-state index is -0.0563. The molecule has 2 aliphatic carbocycles. The fourth-order valence-electron chi connectivity index (χ4n) is 4.15.